The summed E-state index contributed by atoms with van der Waals surface area (Å²) in [7, 11) is 1.80. The van der Waals surface area contributed by atoms with Crippen LogP contribution >= 0.6 is 0 Å². The van der Waals surface area contributed by atoms with E-state index in [2.05, 4.69) is 29.3 Å². The zero-order chi connectivity index (χ0) is 14.7. The third kappa shape index (κ3) is 3.28. The monoisotopic (exact) mass is 288 g/mol. The number of furan rings is 1. The first-order valence-electron chi connectivity index (χ1n) is 7.77. The van der Waals surface area contributed by atoms with E-state index >= 15 is 0 Å². The van der Waals surface area contributed by atoms with Crippen molar-refractivity contribution in [3.8, 4) is 0 Å². The number of para-hydroxylation sites is 1. The molecule has 2 unspecified atom stereocenters. The minimum absolute atomic E-state index is 0.234. The van der Waals surface area contributed by atoms with Crippen LogP contribution in [-0.4, -0.2) is 44.3 Å². The van der Waals surface area contributed by atoms with Crippen LogP contribution in [0.4, 0.5) is 0 Å². The molecule has 0 bridgehead atoms. The predicted octanol–water partition coefficient (Wildman–Crippen LogP) is 2.80. The molecule has 2 atom stereocenters. The highest BCUT2D eigenvalue weighted by Gasteiger charge is 2.26. The van der Waals surface area contributed by atoms with Gasteiger partial charge < -0.3 is 14.5 Å². The lowest BCUT2D eigenvalue weighted by Crippen LogP contribution is -2.34. The highest BCUT2D eigenvalue weighted by molar-refractivity contribution is 5.77. The van der Waals surface area contributed by atoms with E-state index in [1.165, 1.54) is 5.39 Å². The lowest BCUT2D eigenvalue weighted by molar-refractivity contribution is 0.106. The van der Waals surface area contributed by atoms with Crippen LogP contribution in [0.3, 0.4) is 0 Å². The Kier molecular flexibility index (Phi) is 4.58. The number of likely N-dealkylation sites (tertiary alicyclic amines) is 1. The minimum atomic E-state index is 0.234. The summed E-state index contributed by atoms with van der Waals surface area (Å²) in [4.78, 5) is 2.45. The molecule has 4 nitrogen and oxygen atoms in total. The lowest BCUT2D eigenvalue weighted by Gasteiger charge is -2.22. The number of likely N-dealkylation sites (N-methyl/N-ethyl adjacent to an activating group) is 1. The van der Waals surface area contributed by atoms with Gasteiger partial charge in [0.15, 0.2) is 0 Å². The van der Waals surface area contributed by atoms with Crippen LogP contribution in [0, 0.1) is 0 Å². The first-order valence-corrected chi connectivity index (χ1v) is 7.77. The van der Waals surface area contributed by atoms with Crippen molar-refractivity contribution in [3.63, 3.8) is 0 Å². The first-order chi connectivity index (χ1) is 10.3. The summed E-state index contributed by atoms with van der Waals surface area (Å²) in [5.41, 5.74) is 0.964. The van der Waals surface area contributed by atoms with Gasteiger partial charge in [0.05, 0.1) is 12.1 Å². The minimum Gasteiger partial charge on any atom is -0.459 e. The predicted molar refractivity (Wildman–Crippen MR) is 84.5 cm³/mol. The third-order valence-electron chi connectivity index (χ3n) is 4.24. The van der Waals surface area contributed by atoms with E-state index in [-0.39, 0.29) is 6.04 Å². The summed E-state index contributed by atoms with van der Waals surface area (Å²) in [6.45, 7) is 6.15. The molecule has 1 fully saturated rings. The van der Waals surface area contributed by atoms with Gasteiger partial charge in [-0.25, -0.2) is 0 Å². The molecule has 2 heterocycles. The molecule has 4 heteroatoms. The molecule has 1 aliphatic rings. The van der Waals surface area contributed by atoms with E-state index in [4.69, 9.17) is 9.15 Å². The van der Waals surface area contributed by atoms with E-state index in [9.17, 15) is 0 Å². The van der Waals surface area contributed by atoms with Gasteiger partial charge in [-0.1, -0.05) is 25.1 Å². The molecule has 0 amide bonds. The van der Waals surface area contributed by atoms with Crippen molar-refractivity contribution in [2.75, 3.05) is 33.3 Å². The fourth-order valence-electron chi connectivity index (χ4n) is 3.09. The van der Waals surface area contributed by atoms with Gasteiger partial charge in [0.25, 0.3) is 0 Å². The molecule has 114 valence electrons. The van der Waals surface area contributed by atoms with Crippen molar-refractivity contribution < 1.29 is 9.15 Å². The Morgan fingerprint density at radius 3 is 3.00 bits per heavy atom. The smallest absolute Gasteiger partial charge is 0.134 e. The molecule has 0 radical (unpaired) electrons. The Hall–Kier alpha value is -1.36. The number of nitrogens with one attached hydrogen (secondary N) is 1. The summed E-state index contributed by atoms with van der Waals surface area (Å²) in [6, 6.07) is 10.6. The van der Waals surface area contributed by atoms with Crippen LogP contribution < -0.4 is 5.32 Å². The number of benzene rings is 1. The van der Waals surface area contributed by atoms with Gasteiger partial charge in [-0.2, -0.15) is 0 Å². The summed E-state index contributed by atoms with van der Waals surface area (Å²) >= 11 is 0. The maximum atomic E-state index is 6.03. The number of nitrogens with zero attached hydrogens (tertiary/aromatic N) is 1. The number of hydrogen-bond donors (Lipinski definition) is 1. The molecule has 1 aromatic heterocycles. The average Bonchev–Trinajstić information content (AvgIpc) is 3.12. The second-order valence-electron chi connectivity index (χ2n) is 5.70. The standard InChI is InChI=1S/C17H24N2O2/c1-3-18-15(12-19-9-8-14(11-19)20-2)17-10-13-6-4-5-7-16(13)21-17/h4-7,10,14-15,18H,3,8-9,11-12H2,1-2H3. The Bertz CT molecular complexity index is 548. The SMILES string of the molecule is CCNC(CN1CCC(OC)C1)c1cc2ccccc2o1. The van der Waals surface area contributed by atoms with Gasteiger partial charge in [-0.05, 0) is 25.1 Å². The van der Waals surface area contributed by atoms with Gasteiger partial charge in [0, 0.05) is 32.1 Å². The maximum absolute atomic E-state index is 6.03. The van der Waals surface area contributed by atoms with E-state index in [1.807, 2.05) is 18.2 Å². The maximum Gasteiger partial charge on any atom is 0.134 e. The van der Waals surface area contributed by atoms with Crippen molar-refractivity contribution in [2.24, 2.45) is 0 Å². The molecule has 1 aromatic carbocycles. The third-order valence-corrected chi connectivity index (χ3v) is 4.24. The molecule has 0 aliphatic carbocycles. The van der Waals surface area contributed by atoms with Crippen LogP contribution in [0.1, 0.15) is 25.1 Å². The van der Waals surface area contributed by atoms with E-state index < -0.39 is 0 Å². The van der Waals surface area contributed by atoms with Crippen LogP contribution in [0.25, 0.3) is 11.0 Å². The molecular weight excluding hydrogens is 264 g/mol. The Balaban J connectivity index is 1.74. The molecule has 3 rings (SSSR count). The highest BCUT2D eigenvalue weighted by atomic mass is 16.5. The van der Waals surface area contributed by atoms with Crippen molar-refractivity contribution in [1.82, 2.24) is 10.2 Å². The summed E-state index contributed by atoms with van der Waals surface area (Å²) in [5, 5.41) is 4.72. The molecule has 1 aliphatic heterocycles. The molecular formula is C17H24N2O2. The molecule has 2 aromatic rings. The lowest BCUT2D eigenvalue weighted by atomic mass is 10.2. The van der Waals surface area contributed by atoms with E-state index in [1.54, 1.807) is 7.11 Å². The Morgan fingerprint density at radius 1 is 1.43 bits per heavy atom. The normalized spacial score (nSPS) is 21.1. The van der Waals surface area contributed by atoms with Crippen molar-refractivity contribution >= 4 is 11.0 Å². The van der Waals surface area contributed by atoms with E-state index in [0.29, 0.717) is 6.10 Å². The van der Waals surface area contributed by atoms with Gasteiger partial charge in [0.1, 0.15) is 11.3 Å². The molecule has 0 saturated carbocycles. The average molecular weight is 288 g/mol. The second-order valence-corrected chi connectivity index (χ2v) is 5.70. The summed E-state index contributed by atoms with van der Waals surface area (Å²) in [6.07, 6.45) is 1.50. The van der Waals surface area contributed by atoms with Gasteiger partial charge in [0.2, 0.25) is 0 Å². The first kappa shape index (κ1) is 14.6. The summed E-state index contributed by atoms with van der Waals surface area (Å²) in [5.74, 6) is 1.03. The quantitative estimate of drug-likeness (QED) is 0.887. The van der Waals surface area contributed by atoms with Crippen molar-refractivity contribution in [2.45, 2.75) is 25.5 Å². The molecule has 0 spiro atoms. The van der Waals surface area contributed by atoms with Gasteiger partial charge in [-0.15, -0.1) is 0 Å². The molecule has 1 saturated heterocycles. The number of methoxy groups -OCH3 is 1. The highest BCUT2D eigenvalue weighted by Crippen LogP contribution is 2.25. The molecule has 21 heavy (non-hydrogen) atoms. The Labute approximate surface area is 126 Å². The number of fused-ring (bicyclic) bond motifs is 1. The van der Waals surface area contributed by atoms with Gasteiger partial charge in [-0.3, -0.25) is 4.90 Å². The number of hydrogen-bond acceptors (Lipinski definition) is 4. The zero-order valence-electron chi connectivity index (χ0n) is 12.8. The largest absolute Gasteiger partial charge is 0.459 e. The number of ether oxygens (including phenoxy) is 1. The van der Waals surface area contributed by atoms with Crippen molar-refractivity contribution in [1.29, 1.82) is 0 Å². The van der Waals surface area contributed by atoms with Gasteiger partial charge >= 0.3 is 0 Å². The Morgan fingerprint density at radius 2 is 2.29 bits per heavy atom. The van der Waals surface area contributed by atoms with Crippen LogP contribution in [0.2, 0.25) is 0 Å². The molecule has 1 N–H and O–H groups in total. The van der Waals surface area contributed by atoms with Crippen LogP contribution in [0.5, 0.6) is 0 Å². The fourth-order valence-corrected chi connectivity index (χ4v) is 3.09. The summed E-state index contributed by atoms with van der Waals surface area (Å²) < 4.78 is 11.5. The fraction of sp³-hybridized carbons (Fsp3) is 0.529. The topological polar surface area (TPSA) is 37.6 Å². The van der Waals surface area contributed by atoms with Crippen molar-refractivity contribution in [3.05, 3.63) is 36.1 Å². The zero-order valence-corrected chi connectivity index (χ0v) is 12.8. The second kappa shape index (κ2) is 6.60. The van der Waals surface area contributed by atoms with Crippen LogP contribution in [-0.2, 0) is 4.74 Å². The number of rotatable bonds is 6. The van der Waals surface area contributed by atoms with E-state index in [0.717, 1.165) is 43.9 Å². The van der Waals surface area contributed by atoms with Crippen LogP contribution in [0.15, 0.2) is 34.7 Å².